The minimum atomic E-state index is -0.833. The summed E-state index contributed by atoms with van der Waals surface area (Å²) in [4.78, 5) is 9.00. The van der Waals surface area contributed by atoms with E-state index in [4.69, 9.17) is 15.6 Å². The van der Waals surface area contributed by atoms with Gasteiger partial charge in [-0.1, -0.05) is 72.6 Å². The van der Waals surface area contributed by atoms with Crippen LogP contribution in [0.5, 0.6) is 0 Å². The average molecular weight is 302 g/mol. The van der Waals surface area contributed by atoms with E-state index in [0.717, 1.165) is 25.7 Å². The standard InChI is InChI=1S/C16H35N.C2H4O2/c1-5-9-10-11-12-13-14-15(6-2)16(17,7-3)8-4;1-2(3)4/h15H,5-14,17H2,1-4H3;1H3,(H,3,4). The molecule has 0 aliphatic heterocycles. The van der Waals surface area contributed by atoms with Gasteiger partial charge in [-0.05, 0) is 25.2 Å². The lowest BCUT2D eigenvalue weighted by Gasteiger charge is -2.36. The second kappa shape index (κ2) is 14.4. The van der Waals surface area contributed by atoms with Gasteiger partial charge in [0.05, 0.1) is 0 Å². The van der Waals surface area contributed by atoms with Gasteiger partial charge in [-0.25, -0.2) is 0 Å². The lowest BCUT2D eigenvalue weighted by Crippen LogP contribution is -2.45. The van der Waals surface area contributed by atoms with E-state index in [1.807, 2.05) is 0 Å². The van der Waals surface area contributed by atoms with Crippen LogP contribution < -0.4 is 5.73 Å². The normalized spacial score (nSPS) is 12.5. The third-order valence-electron chi connectivity index (χ3n) is 4.53. The first-order valence-electron chi connectivity index (χ1n) is 8.86. The van der Waals surface area contributed by atoms with E-state index in [-0.39, 0.29) is 5.54 Å². The summed E-state index contributed by atoms with van der Waals surface area (Å²) in [6, 6.07) is 0. The fourth-order valence-corrected chi connectivity index (χ4v) is 2.90. The maximum absolute atomic E-state index is 9.00. The Balaban J connectivity index is 0. The van der Waals surface area contributed by atoms with Crippen molar-refractivity contribution in [1.29, 1.82) is 0 Å². The third kappa shape index (κ3) is 12.9. The Morgan fingerprint density at radius 2 is 1.43 bits per heavy atom. The van der Waals surface area contributed by atoms with Crippen LogP contribution in [0.25, 0.3) is 0 Å². The second-order valence-corrected chi connectivity index (χ2v) is 6.12. The molecule has 1 unspecified atom stereocenters. The number of hydrogen-bond acceptors (Lipinski definition) is 2. The Morgan fingerprint density at radius 3 is 1.81 bits per heavy atom. The molecule has 0 fully saturated rings. The van der Waals surface area contributed by atoms with Gasteiger partial charge in [0.15, 0.2) is 0 Å². The molecular formula is C18H39NO2. The molecule has 0 aromatic carbocycles. The van der Waals surface area contributed by atoms with Gasteiger partial charge in [-0.2, -0.15) is 0 Å². The molecular weight excluding hydrogens is 262 g/mol. The zero-order valence-corrected chi connectivity index (χ0v) is 15.1. The van der Waals surface area contributed by atoms with E-state index >= 15 is 0 Å². The first-order chi connectivity index (χ1) is 9.87. The lowest BCUT2D eigenvalue weighted by atomic mass is 9.76. The van der Waals surface area contributed by atoms with Crippen molar-refractivity contribution in [2.45, 2.75) is 104 Å². The largest absolute Gasteiger partial charge is 0.481 e. The van der Waals surface area contributed by atoms with Crippen molar-refractivity contribution in [3.63, 3.8) is 0 Å². The van der Waals surface area contributed by atoms with Crippen molar-refractivity contribution in [3.05, 3.63) is 0 Å². The van der Waals surface area contributed by atoms with Gasteiger partial charge in [-0.3, -0.25) is 4.79 Å². The van der Waals surface area contributed by atoms with E-state index in [1.54, 1.807) is 0 Å². The van der Waals surface area contributed by atoms with Gasteiger partial charge < -0.3 is 10.8 Å². The van der Waals surface area contributed by atoms with E-state index in [2.05, 4.69) is 27.7 Å². The van der Waals surface area contributed by atoms with Crippen molar-refractivity contribution >= 4 is 5.97 Å². The monoisotopic (exact) mass is 301 g/mol. The summed E-state index contributed by atoms with van der Waals surface area (Å²) < 4.78 is 0. The average Bonchev–Trinajstić information content (AvgIpc) is 2.45. The van der Waals surface area contributed by atoms with E-state index in [1.165, 1.54) is 51.4 Å². The van der Waals surface area contributed by atoms with Crippen molar-refractivity contribution in [1.82, 2.24) is 0 Å². The van der Waals surface area contributed by atoms with Crippen LogP contribution in [0.3, 0.4) is 0 Å². The Bertz CT molecular complexity index is 233. The third-order valence-corrected chi connectivity index (χ3v) is 4.53. The Kier molecular flexibility index (Phi) is 15.5. The summed E-state index contributed by atoms with van der Waals surface area (Å²) in [5.41, 5.74) is 6.61. The Labute approximate surface area is 132 Å². The molecule has 0 aliphatic carbocycles. The summed E-state index contributed by atoms with van der Waals surface area (Å²) in [5.74, 6) is -0.108. The zero-order chi connectivity index (χ0) is 16.7. The number of carboxylic acid groups (broad SMARTS) is 1. The molecule has 1 atom stereocenters. The number of carbonyl (C=O) groups is 1. The highest BCUT2D eigenvalue weighted by molar-refractivity contribution is 5.62. The van der Waals surface area contributed by atoms with Gasteiger partial charge >= 0.3 is 0 Å². The summed E-state index contributed by atoms with van der Waals surface area (Å²) >= 11 is 0. The maximum Gasteiger partial charge on any atom is 0.300 e. The summed E-state index contributed by atoms with van der Waals surface area (Å²) in [7, 11) is 0. The van der Waals surface area contributed by atoms with Crippen LogP contribution in [0.1, 0.15) is 98.8 Å². The smallest absolute Gasteiger partial charge is 0.300 e. The molecule has 0 radical (unpaired) electrons. The fraction of sp³-hybridized carbons (Fsp3) is 0.944. The predicted octanol–water partition coefficient (Wildman–Crippen LogP) is 5.37. The molecule has 21 heavy (non-hydrogen) atoms. The number of carboxylic acids is 1. The maximum atomic E-state index is 9.00. The molecule has 0 aliphatic rings. The van der Waals surface area contributed by atoms with Crippen LogP contribution >= 0.6 is 0 Å². The number of unbranched alkanes of at least 4 members (excludes halogenated alkanes) is 5. The first kappa shape index (κ1) is 22.7. The number of rotatable bonds is 11. The molecule has 0 aromatic heterocycles. The second-order valence-electron chi connectivity index (χ2n) is 6.12. The van der Waals surface area contributed by atoms with Gasteiger partial charge in [0.25, 0.3) is 5.97 Å². The van der Waals surface area contributed by atoms with E-state index in [0.29, 0.717) is 0 Å². The van der Waals surface area contributed by atoms with Crippen molar-refractivity contribution in [2.24, 2.45) is 11.7 Å². The summed E-state index contributed by atoms with van der Waals surface area (Å²) in [5, 5.41) is 7.42. The molecule has 128 valence electrons. The van der Waals surface area contributed by atoms with Gasteiger partial charge in [-0.15, -0.1) is 0 Å². The summed E-state index contributed by atoms with van der Waals surface area (Å²) in [6.45, 7) is 10.1. The van der Waals surface area contributed by atoms with Crippen LogP contribution in [-0.2, 0) is 4.79 Å². The molecule has 3 heteroatoms. The quantitative estimate of drug-likeness (QED) is 0.504. The van der Waals surface area contributed by atoms with Gasteiger partial charge in [0, 0.05) is 12.5 Å². The Morgan fingerprint density at radius 1 is 1.00 bits per heavy atom. The molecule has 0 bridgehead atoms. The van der Waals surface area contributed by atoms with Crippen molar-refractivity contribution in [2.75, 3.05) is 0 Å². The van der Waals surface area contributed by atoms with E-state index in [9.17, 15) is 0 Å². The molecule has 0 heterocycles. The SMILES string of the molecule is CC(=O)O.CCCCCCCCC(CC)C(N)(CC)CC. The zero-order valence-electron chi connectivity index (χ0n) is 15.1. The topological polar surface area (TPSA) is 63.3 Å². The molecule has 0 aromatic rings. The molecule has 0 saturated heterocycles. The van der Waals surface area contributed by atoms with Gasteiger partial charge in [0.1, 0.15) is 0 Å². The molecule has 3 nitrogen and oxygen atoms in total. The first-order valence-corrected chi connectivity index (χ1v) is 8.86. The molecule has 3 N–H and O–H groups in total. The van der Waals surface area contributed by atoms with E-state index < -0.39 is 5.97 Å². The minimum Gasteiger partial charge on any atom is -0.481 e. The highest BCUT2D eigenvalue weighted by Gasteiger charge is 2.29. The lowest BCUT2D eigenvalue weighted by molar-refractivity contribution is -0.134. The molecule has 0 saturated carbocycles. The van der Waals surface area contributed by atoms with Gasteiger partial charge in [0.2, 0.25) is 0 Å². The number of nitrogens with two attached hydrogens (primary N) is 1. The Hall–Kier alpha value is -0.570. The van der Waals surface area contributed by atoms with Crippen molar-refractivity contribution < 1.29 is 9.90 Å². The highest BCUT2D eigenvalue weighted by atomic mass is 16.4. The molecule has 0 spiro atoms. The van der Waals surface area contributed by atoms with Crippen LogP contribution in [0, 0.1) is 5.92 Å². The van der Waals surface area contributed by atoms with Crippen LogP contribution in [0.4, 0.5) is 0 Å². The van der Waals surface area contributed by atoms with Crippen LogP contribution in [0.2, 0.25) is 0 Å². The van der Waals surface area contributed by atoms with Crippen LogP contribution in [0.15, 0.2) is 0 Å². The van der Waals surface area contributed by atoms with Crippen molar-refractivity contribution in [3.8, 4) is 0 Å². The molecule has 0 rings (SSSR count). The minimum absolute atomic E-state index is 0.0954. The fourth-order valence-electron chi connectivity index (χ4n) is 2.90. The molecule has 0 amide bonds. The predicted molar refractivity (Wildman–Crippen MR) is 92.6 cm³/mol. The highest BCUT2D eigenvalue weighted by Crippen LogP contribution is 2.29. The number of hydrogen-bond donors (Lipinski definition) is 2. The summed E-state index contributed by atoms with van der Waals surface area (Å²) in [6.07, 6.45) is 13.2. The van der Waals surface area contributed by atoms with Crippen LogP contribution in [-0.4, -0.2) is 16.6 Å². The number of aliphatic carboxylic acids is 1.